The van der Waals surface area contributed by atoms with E-state index in [4.69, 9.17) is 4.74 Å². The third-order valence-corrected chi connectivity index (χ3v) is 4.40. The van der Waals surface area contributed by atoms with Crippen molar-refractivity contribution in [1.82, 2.24) is 0 Å². The second-order valence-corrected chi connectivity index (χ2v) is 4.75. The highest BCUT2D eigenvalue weighted by molar-refractivity contribution is 9.09. The molecular formula is C9H15Br2F3O. The van der Waals surface area contributed by atoms with Crippen molar-refractivity contribution in [3.05, 3.63) is 0 Å². The molecule has 0 aromatic carbocycles. The summed E-state index contributed by atoms with van der Waals surface area (Å²) in [5.41, 5.74) is -0.236. The highest BCUT2D eigenvalue weighted by Gasteiger charge is 2.32. The molecule has 1 nitrogen and oxygen atoms in total. The van der Waals surface area contributed by atoms with E-state index in [9.17, 15) is 13.2 Å². The molecule has 0 unspecified atom stereocenters. The average Bonchev–Trinajstić information content (AvgIpc) is 2.14. The van der Waals surface area contributed by atoms with E-state index in [0.29, 0.717) is 10.7 Å². The van der Waals surface area contributed by atoms with E-state index >= 15 is 0 Å². The van der Waals surface area contributed by atoms with Crippen molar-refractivity contribution in [1.29, 1.82) is 0 Å². The van der Waals surface area contributed by atoms with Crippen LogP contribution in [0.2, 0.25) is 0 Å². The number of halogens is 5. The Balaban J connectivity index is 4.06. The number of hydrogen-bond donors (Lipinski definition) is 0. The van der Waals surface area contributed by atoms with Crippen molar-refractivity contribution in [2.24, 2.45) is 5.41 Å². The molecule has 0 radical (unpaired) electrons. The molecule has 92 valence electrons. The van der Waals surface area contributed by atoms with Crippen molar-refractivity contribution in [2.45, 2.75) is 25.9 Å². The summed E-state index contributed by atoms with van der Waals surface area (Å²) in [5.74, 6) is 0. The van der Waals surface area contributed by atoms with Gasteiger partial charge in [-0.05, 0) is 6.42 Å². The Labute approximate surface area is 105 Å². The van der Waals surface area contributed by atoms with Gasteiger partial charge in [0.05, 0.1) is 6.61 Å². The second-order valence-electron chi connectivity index (χ2n) is 3.63. The highest BCUT2D eigenvalue weighted by atomic mass is 79.9. The molecule has 0 spiro atoms. The van der Waals surface area contributed by atoms with Crippen LogP contribution < -0.4 is 0 Å². The van der Waals surface area contributed by atoms with Crippen LogP contribution in [-0.2, 0) is 4.74 Å². The number of alkyl halides is 5. The zero-order chi connectivity index (χ0) is 11.9. The predicted octanol–water partition coefficient (Wildman–Crippen LogP) is 4.14. The lowest BCUT2D eigenvalue weighted by Gasteiger charge is -2.29. The van der Waals surface area contributed by atoms with E-state index < -0.39 is 12.8 Å². The zero-order valence-electron chi connectivity index (χ0n) is 8.54. The maximum Gasteiger partial charge on any atom is 0.411 e. The molecule has 0 rings (SSSR count). The molecule has 6 heteroatoms. The summed E-state index contributed by atoms with van der Waals surface area (Å²) in [6, 6.07) is 0. The van der Waals surface area contributed by atoms with Gasteiger partial charge in [0, 0.05) is 16.1 Å². The van der Waals surface area contributed by atoms with Gasteiger partial charge >= 0.3 is 6.18 Å². The van der Waals surface area contributed by atoms with Gasteiger partial charge in [0.2, 0.25) is 0 Å². The molecule has 0 bridgehead atoms. The first kappa shape index (κ1) is 15.7. The van der Waals surface area contributed by atoms with Crippen LogP contribution in [0.1, 0.15) is 19.8 Å². The summed E-state index contributed by atoms with van der Waals surface area (Å²) in [6.07, 6.45) is -2.48. The molecule has 0 aliphatic rings. The largest absolute Gasteiger partial charge is 0.411 e. The number of hydrogen-bond acceptors (Lipinski definition) is 1. The van der Waals surface area contributed by atoms with E-state index in [1.54, 1.807) is 0 Å². The van der Waals surface area contributed by atoms with Gasteiger partial charge in [0.25, 0.3) is 0 Å². The molecule has 0 saturated carbocycles. The predicted molar refractivity (Wildman–Crippen MR) is 61.8 cm³/mol. The average molecular weight is 356 g/mol. The molecule has 0 fully saturated rings. The molecule has 0 saturated heterocycles. The van der Waals surface area contributed by atoms with Gasteiger partial charge in [-0.1, -0.05) is 45.2 Å². The van der Waals surface area contributed by atoms with Crippen LogP contribution in [0, 0.1) is 5.41 Å². The normalized spacial score (nSPS) is 13.2. The Morgan fingerprint density at radius 3 is 1.93 bits per heavy atom. The molecule has 0 heterocycles. The van der Waals surface area contributed by atoms with Crippen LogP contribution in [0.3, 0.4) is 0 Å². The summed E-state index contributed by atoms with van der Waals surface area (Å²) < 4.78 is 40.3. The SMILES string of the molecule is CCCC(CBr)(CBr)COCC(F)(F)F. The van der Waals surface area contributed by atoms with Crippen molar-refractivity contribution in [3.63, 3.8) is 0 Å². The Kier molecular flexibility index (Phi) is 7.45. The van der Waals surface area contributed by atoms with Crippen LogP contribution in [0.25, 0.3) is 0 Å². The van der Waals surface area contributed by atoms with E-state index in [1.165, 1.54) is 0 Å². The van der Waals surface area contributed by atoms with E-state index in [0.717, 1.165) is 12.8 Å². The summed E-state index contributed by atoms with van der Waals surface area (Å²) in [4.78, 5) is 0. The molecule has 0 aliphatic carbocycles. The molecule has 0 N–H and O–H groups in total. The zero-order valence-corrected chi connectivity index (χ0v) is 11.7. The van der Waals surface area contributed by atoms with Crippen LogP contribution in [0.15, 0.2) is 0 Å². The monoisotopic (exact) mass is 354 g/mol. The number of rotatable bonds is 7. The van der Waals surface area contributed by atoms with Crippen LogP contribution in [-0.4, -0.2) is 30.1 Å². The second kappa shape index (κ2) is 7.12. The first-order valence-electron chi connectivity index (χ1n) is 4.65. The van der Waals surface area contributed by atoms with Crippen LogP contribution in [0.5, 0.6) is 0 Å². The Hall–Kier alpha value is 0.710. The lowest BCUT2D eigenvalue weighted by atomic mass is 9.89. The minimum atomic E-state index is -4.24. The first-order valence-corrected chi connectivity index (χ1v) is 6.90. The lowest BCUT2D eigenvalue weighted by Crippen LogP contribution is -2.32. The van der Waals surface area contributed by atoms with Gasteiger partial charge in [0.1, 0.15) is 6.61 Å². The molecular weight excluding hydrogens is 341 g/mol. The first-order chi connectivity index (χ1) is 6.89. The van der Waals surface area contributed by atoms with Crippen molar-refractivity contribution in [3.8, 4) is 0 Å². The van der Waals surface area contributed by atoms with Gasteiger partial charge in [0.15, 0.2) is 0 Å². The van der Waals surface area contributed by atoms with E-state index in [2.05, 4.69) is 31.9 Å². The smallest absolute Gasteiger partial charge is 0.371 e. The lowest BCUT2D eigenvalue weighted by molar-refractivity contribution is -0.179. The molecule has 0 atom stereocenters. The fraction of sp³-hybridized carbons (Fsp3) is 1.00. The van der Waals surface area contributed by atoms with Gasteiger partial charge in [-0.3, -0.25) is 0 Å². The fourth-order valence-corrected chi connectivity index (χ4v) is 3.05. The van der Waals surface area contributed by atoms with Crippen molar-refractivity contribution >= 4 is 31.9 Å². The summed E-state index contributed by atoms with van der Waals surface area (Å²) in [6.45, 7) is 0.957. The standard InChI is InChI=1S/C9H15Br2F3O/c1-2-3-8(4-10,5-11)6-15-7-9(12,13)14/h2-7H2,1H3. The Morgan fingerprint density at radius 1 is 1.07 bits per heavy atom. The molecule has 0 aliphatic heterocycles. The quantitative estimate of drug-likeness (QED) is 0.623. The minimum Gasteiger partial charge on any atom is -0.371 e. The van der Waals surface area contributed by atoms with Gasteiger partial charge in [-0.25, -0.2) is 0 Å². The number of ether oxygens (including phenoxy) is 1. The Bertz CT molecular complexity index is 169. The maximum atomic E-state index is 11.9. The molecule has 0 amide bonds. The third kappa shape index (κ3) is 6.79. The van der Waals surface area contributed by atoms with Crippen molar-refractivity contribution in [2.75, 3.05) is 23.9 Å². The fourth-order valence-electron chi connectivity index (χ4n) is 1.23. The topological polar surface area (TPSA) is 9.23 Å². The summed E-state index contributed by atoms with van der Waals surface area (Å²) in [5, 5.41) is 1.27. The van der Waals surface area contributed by atoms with E-state index in [1.807, 2.05) is 6.92 Å². The summed E-state index contributed by atoms with van der Waals surface area (Å²) >= 11 is 6.65. The molecule has 15 heavy (non-hydrogen) atoms. The minimum absolute atomic E-state index is 0.122. The molecule has 0 aromatic rings. The highest BCUT2D eigenvalue weighted by Crippen LogP contribution is 2.30. The summed E-state index contributed by atoms with van der Waals surface area (Å²) in [7, 11) is 0. The van der Waals surface area contributed by atoms with Crippen LogP contribution in [0.4, 0.5) is 13.2 Å². The van der Waals surface area contributed by atoms with Crippen molar-refractivity contribution < 1.29 is 17.9 Å². The van der Waals surface area contributed by atoms with E-state index in [-0.39, 0.29) is 12.0 Å². The van der Waals surface area contributed by atoms with Gasteiger partial charge < -0.3 is 4.74 Å². The maximum absolute atomic E-state index is 11.9. The molecule has 0 aromatic heterocycles. The van der Waals surface area contributed by atoms with Crippen LogP contribution >= 0.6 is 31.9 Å². The third-order valence-electron chi connectivity index (χ3n) is 2.02. The van der Waals surface area contributed by atoms with Gasteiger partial charge in [-0.15, -0.1) is 0 Å². The Morgan fingerprint density at radius 2 is 1.60 bits per heavy atom. The van der Waals surface area contributed by atoms with Gasteiger partial charge in [-0.2, -0.15) is 13.2 Å².